The topological polar surface area (TPSA) is 61.9 Å². The van der Waals surface area contributed by atoms with Gasteiger partial charge >= 0.3 is 6.03 Å². The van der Waals surface area contributed by atoms with Crippen molar-refractivity contribution in [3.8, 4) is 0 Å². The van der Waals surface area contributed by atoms with Crippen molar-refractivity contribution < 1.29 is 4.79 Å². The SMILES string of the molecule is CN=C(/C=C(/C)C1CC1)N1CCN(C(N)=O)C1=S. The van der Waals surface area contributed by atoms with E-state index in [-0.39, 0.29) is 0 Å². The maximum absolute atomic E-state index is 11.2. The fraction of sp³-hybridized carbons (Fsp3) is 0.583. The number of urea groups is 1. The van der Waals surface area contributed by atoms with Gasteiger partial charge in [0.1, 0.15) is 5.84 Å². The first-order valence-electron chi connectivity index (χ1n) is 6.08. The molecule has 0 atom stereocenters. The van der Waals surface area contributed by atoms with Crippen molar-refractivity contribution in [3.63, 3.8) is 0 Å². The standard InChI is InChI=1S/C12H18N4OS/c1-8(9-3-4-9)7-10(14-2)15-5-6-16(11(13)17)12(15)18/h7,9H,3-6H2,1-2H3,(H2,13,17)/b8-7-,14-10?. The highest BCUT2D eigenvalue weighted by molar-refractivity contribution is 7.80. The maximum atomic E-state index is 11.2. The molecule has 1 aliphatic carbocycles. The molecule has 5 nitrogen and oxygen atoms in total. The minimum atomic E-state index is -0.499. The Bertz CT molecular complexity index is 439. The van der Waals surface area contributed by atoms with Crippen molar-refractivity contribution >= 4 is 29.2 Å². The van der Waals surface area contributed by atoms with Crippen LogP contribution in [-0.4, -0.2) is 46.9 Å². The quantitative estimate of drug-likeness (QED) is 0.466. The molecule has 2 amide bonds. The first-order chi connectivity index (χ1) is 8.54. The molecular formula is C12H18N4OS. The number of allylic oxidation sites excluding steroid dienone is 1. The van der Waals surface area contributed by atoms with E-state index in [0.717, 1.165) is 5.84 Å². The van der Waals surface area contributed by atoms with Gasteiger partial charge in [0, 0.05) is 20.1 Å². The number of thiocarbonyl (C=S) groups is 1. The number of nitrogens with zero attached hydrogens (tertiary/aromatic N) is 3. The van der Waals surface area contributed by atoms with Crippen LogP contribution in [0.1, 0.15) is 19.8 Å². The minimum Gasteiger partial charge on any atom is -0.351 e. The Hall–Kier alpha value is -1.43. The maximum Gasteiger partial charge on any atom is 0.321 e. The van der Waals surface area contributed by atoms with Gasteiger partial charge in [-0.05, 0) is 44.0 Å². The molecule has 1 saturated heterocycles. The molecule has 0 spiro atoms. The Morgan fingerprint density at radius 1 is 1.44 bits per heavy atom. The van der Waals surface area contributed by atoms with Crippen LogP contribution in [0, 0.1) is 5.92 Å². The van der Waals surface area contributed by atoms with E-state index < -0.39 is 6.03 Å². The van der Waals surface area contributed by atoms with Gasteiger partial charge in [0.15, 0.2) is 5.11 Å². The van der Waals surface area contributed by atoms with E-state index in [0.29, 0.717) is 24.1 Å². The van der Waals surface area contributed by atoms with Gasteiger partial charge < -0.3 is 10.6 Å². The fourth-order valence-electron chi connectivity index (χ4n) is 2.08. The van der Waals surface area contributed by atoms with Crippen LogP contribution in [0.3, 0.4) is 0 Å². The van der Waals surface area contributed by atoms with Crippen molar-refractivity contribution in [2.45, 2.75) is 19.8 Å². The zero-order valence-electron chi connectivity index (χ0n) is 10.7. The molecule has 6 heteroatoms. The smallest absolute Gasteiger partial charge is 0.321 e. The van der Waals surface area contributed by atoms with Crippen LogP contribution in [0.4, 0.5) is 4.79 Å². The highest BCUT2D eigenvalue weighted by Gasteiger charge is 2.31. The highest BCUT2D eigenvalue weighted by Crippen LogP contribution is 2.36. The summed E-state index contributed by atoms with van der Waals surface area (Å²) in [6, 6.07) is -0.499. The fourth-order valence-corrected chi connectivity index (χ4v) is 2.44. The molecule has 2 aliphatic rings. The van der Waals surface area contributed by atoms with Crippen LogP contribution in [0.5, 0.6) is 0 Å². The second kappa shape index (κ2) is 5.06. The number of amidine groups is 1. The summed E-state index contributed by atoms with van der Waals surface area (Å²) in [6.07, 6.45) is 4.59. The van der Waals surface area contributed by atoms with Crippen molar-refractivity contribution in [1.29, 1.82) is 0 Å². The molecule has 0 aromatic carbocycles. The number of rotatable bonds is 2. The molecule has 2 fully saturated rings. The van der Waals surface area contributed by atoms with Crippen LogP contribution in [-0.2, 0) is 0 Å². The molecule has 1 saturated carbocycles. The van der Waals surface area contributed by atoms with E-state index in [1.807, 2.05) is 4.90 Å². The molecule has 18 heavy (non-hydrogen) atoms. The molecule has 0 aromatic heterocycles. The van der Waals surface area contributed by atoms with E-state index in [1.54, 1.807) is 7.05 Å². The van der Waals surface area contributed by atoms with Crippen molar-refractivity contribution in [3.05, 3.63) is 11.6 Å². The van der Waals surface area contributed by atoms with Gasteiger partial charge in [-0.25, -0.2) is 4.79 Å². The third-order valence-electron chi connectivity index (χ3n) is 3.36. The lowest BCUT2D eigenvalue weighted by atomic mass is 10.2. The van der Waals surface area contributed by atoms with Gasteiger partial charge in [0.25, 0.3) is 0 Å². The second-order valence-electron chi connectivity index (χ2n) is 4.67. The summed E-state index contributed by atoms with van der Waals surface area (Å²) >= 11 is 5.26. The van der Waals surface area contributed by atoms with Crippen LogP contribution in [0.15, 0.2) is 16.6 Å². The van der Waals surface area contributed by atoms with Crippen molar-refractivity contribution in [2.75, 3.05) is 20.1 Å². The minimum absolute atomic E-state index is 0.447. The third-order valence-corrected chi connectivity index (χ3v) is 3.80. The van der Waals surface area contributed by atoms with Crippen LogP contribution >= 0.6 is 12.2 Å². The number of hydrogen-bond donors (Lipinski definition) is 1. The average Bonchev–Trinajstić information content (AvgIpc) is 3.10. The highest BCUT2D eigenvalue weighted by atomic mass is 32.1. The van der Waals surface area contributed by atoms with Crippen LogP contribution in [0.2, 0.25) is 0 Å². The Balaban J connectivity index is 2.12. The molecular weight excluding hydrogens is 248 g/mol. The van der Waals surface area contributed by atoms with Gasteiger partial charge in [0.2, 0.25) is 0 Å². The molecule has 1 heterocycles. The third kappa shape index (κ3) is 2.53. The number of primary amides is 1. The zero-order valence-corrected chi connectivity index (χ0v) is 11.5. The average molecular weight is 266 g/mol. The predicted octanol–water partition coefficient (Wildman–Crippen LogP) is 1.35. The molecule has 0 unspecified atom stereocenters. The first kappa shape index (κ1) is 13.0. The Kier molecular flexibility index (Phi) is 3.65. The monoisotopic (exact) mass is 266 g/mol. The summed E-state index contributed by atoms with van der Waals surface area (Å²) < 4.78 is 0. The number of carbonyl (C=O) groups is 1. The molecule has 0 aromatic rings. The van der Waals surface area contributed by atoms with E-state index in [1.165, 1.54) is 23.3 Å². The predicted molar refractivity (Wildman–Crippen MR) is 75.4 cm³/mol. The molecule has 2 rings (SSSR count). The summed E-state index contributed by atoms with van der Waals surface area (Å²) in [6.45, 7) is 3.31. The number of aliphatic imine (C=N–C) groups is 1. The summed E-state index contributed by atoms with van der Waals surface area (Å²) in [5.41, 5.74) is 6.60. The number of amides is 2. The summed E-state index contributed by atoms with van der Waals surface area (Å²) in [4.78, 5) is 18.7. The normalized spacial score (nSPS) is 21.8. The largest absolute Gasteiger partial charge is 0.351 e. The second-order valence-corrected chi connectivity index (χ2v) is 5.03. The number of hydrogen-bond acceptors (Lipinski definition) is 3. The molecule has 1 aliphatic heterocycles. The van der Waals surface area contributed by atoms with E-state index >= 15 is 0 Å². The Morgan fingerprint density at radius 3 is 2.50 bits per heavy atom. The Morgan fingerprint density at radius 2 is 2.06 bits per heavy atom. The number of nitrogens with two attached hydrogens (primary N) is 1. The van der Waals surface area contributed by atoms with E-state index in [2.05, 4.69) is 18.0 Å². The van der Waals surface area contributed by atoms with Crippen molar-refractivity contribution in [2.24, 2.45) is 16.6 Å². The lowest BCUT2D eigenvalue weighted by Crippen LogP contribution is -2.41. The van der Waals surface area contributed by atoms with Gasteiger partial charge in [-0.2, -0.15) is 0 Å². The summed E-state index contributed by atoms with van der Waals surface area (Å²) in [5.74, 6) is 1.51. The number of carbonyl (C=O) groups excluding carboxylic acids is 1. The van der Waals surface area contributed by atoms with E-state index in [4.69, 9.17) is 18.0 Å². The first-order valence-corrected chi connectivity index (χ1v) is 6.49. The van der Waals surface area contributed by atoms with Gasteiger partial charge in [-0.1, -0.05) is 5.57 Å². The zero-order chi connectivity index (χ0) is 13.3. The summed E-state index contributed by atoms with van der Waals surface area (Å²) in [5, 5.41) is 0.447. The van der Waals surface area contributed by atoms with Gasteiger partial charge in [-0.3, -0.25) is 9.89 Å². The van der Waals surface area contributed by atoms with Crippen LogP contribution < -0.4 is 5.73 Å². The molecule has 0 bridgehead atoms. The summed E-state index contributed by atoms with van der Waals surface area (Å²) in [7, 11) is 1.74. The molecule has 0 radical (unpaired) electrons. The van der Waals surface area contributed by atoms with Crippen LogP contribution in [0.25, 0.3) is 0 Å². The van der Waals surface area contributed by atoms with Gasteiger partial charge in [-0.15, -0.1) is 0 Å². The molecule has 2 N–H and O–H groups in total. The molecule has 98 valence electrons. The van der Waals surface area contributed by atoms with E-state index in [9.17, 15) is 4.79 Å². The Labute approximate surface area is 112 Å². The van der Waals surface area contributed by atoms with Crippen molar-refractivity contribution in [1.82, 2.24) is 9.80 Å². The van der Waals surface area contributed by atoms with Gasteiger partial charge in [0.05, 0.1) is 0 Å². The lowest BCUT2D eigenvalue weighted by Gasteiger charge is -2.19. The lowest BCUT2D eigenvalue weighted by molar-refractivity contribution is 0.233.